The van der Waals surface area contributed by atoms with E-state index in [1.165, 1.54) is 0 Å². The number of aromatic hydroxyl groups is 2. The maximum Gasteiger partial charge on any atom is 0.205 e. The summed E-state index contributed by atoms with van der Waals surface area (Å²) in [5.41, 5.74) is -1.49. The third-order valence-corrected chi connectivity index (χ3v) is 7.93. The molecular formula is C26H32F2N4O6+2. The molecule has 0 unspecified atom stereocenters. The highest BCUT2D eigenvalue weighted by atomic mass is 19.2. The highest BCUT2D eigenvalue weighted by Crippen LogP contribution is 2.44. The summed E-state index contributed by atoms with van der Waals surface area (Å²) in [6.07, 6.45) is 3.59. The van der Waals surface area contributed by atoms with Gasteiger partial charge in [-0.1, -0.05) is 0 Å². The van der Waals surface area contributed by atoms with Crippen molar-refractivity contribution < 1.29 is 48.3 Å². The topological polar surface area (TPSA) is 139 Å². The lowest BCUT2D eigenvalue weighted by Crippen LogP contribution is -2.45. The van der Waals surface area contributed by atoms with Crippen molar-refractivity contribution in [3.63, 3.8) is 0 Å². The summed E-state index contributed by atoms with van der Waals surface area (Å²) in [5, 5.41) is 47.9. The van der Waals surface area contributed by atoms with Gasteiger partial charge in [-0.2, -0.15) is 18.1 Å². The zero-order valence-corrected chi connectivity index (χ0v) is 20.9. The molecule has 5 rings (SSSR count). The van der Waals surface area contributed by atoms with Crippen molar-refractivity contribution in [3.8, 4) is 11.5 Å². The zero-order valence-electron chi connectivity index (χ0n) is 20.9. The number of hydrogen-bond acceptors (Lipinski definition) is 8. The number of phenols is 2. The molecule has 2 fully saturated rings. The van der Waals surface area contributed by atoms with Crippen LogP contribution in [0.15, 0.2) is 12.1 Å². The molecular weight excluding hydrogens is 502 g/mol. The van der Waals surface area contributed by atoms with E-state index in [0.29, 0.717) is 39.3 Å². The van der Waals surface area contributed by atoms with Crippen LogP contribution in [0.3, 0.4) is 0 Å². The van der Waals surface area contributed by atoms with Gasteiger partial charge in [0.15, 0.2) is 11.5 Å². The summed E-state index contributed by atoms with van der Waals surface area (Å²) >= 11 is 0. The van der Waals surface area contributed by atoms with E-state index in [1.54, 1.807) is 12.1 Å². The highest BCUT2D eigenvalue weighted by molar-refractivity contribution is 6.33. The monoisotopic (exact) mass is 534 g/mol. The number of ketones is 2. The van der Waals surface area contributed by atoms with Crippen LogP contribution >= 0.6 is 0 Å². The number of benzene rings is 2. The predicted molar refractivity (Wildman–Crippen MR) is 132 cm³/mol. The second-order valence-corrected chi connectivity index (χ2v) is 10.4. The normalized spacial score (nSPS) is 19.4. The maximum atomic E-state index is 14.3. The molecule has 6 N–H and O–H groups in total. The number of nitrogens with one attached hydrogen (secondary N) is 2. The van der Waals surface area contributed by atoms with Crippen molar-refractivity contribution in [2.75, 3.05) is 63.0 Å². The molecule has 1 aliphatic carbocycles. The Kier molecular flexibility index (Phi) is 6.76. The first kappa shape index (κ1) is 26.3. The number of hydrogen-bond donors (Lipinski definition) is 6. The quantitative estimate of drug-likeness (QED) is 0.192. The lowest BCUT2D eigenvalue weighted by molar-refractivity contribution is -1.09. The Morgan fingerprint density at radius 3 is 1.34 bits per heavy atom. The number of rotatable bonds is 8. The first-order valence-electron chi connectivity index (χ1n) is 12.9. The zero-order chi connectivity index (χ0) is 27.2. The van der Waals surface area contributed by atoms with Gasteiger partial charge in [0.2, 0.25) is 23.2 Å². The van der Waals surface area contributed by atoms with Crippen LogP contribution in [0.1, 0.15) is 57.5 Å². The summed E-state index contributed by atoms with van der Waals surface area (Å²) in [6.45, 7) is 3.62. The third kappa shape index (κ3) is 4.47. The van der Waals surface area contributed by atoms with Crippen LogP contribution in [0.4, 0.5) is 20.2 Å². The number of fused-ring (bicyclic) bond motifs is 2. The van der Waals surface area contributed by atoms with Gasteiger partial charge >= 0.3 is 0 Å². The van der Waals surface area contributed by atoms with E-state index in [4.69, 9.17) is 0 Å². The molecule has 3 aliphatic rings. The number of phenolic OH excluding ortho intramolecular Hbond substituents is 2. The molecule has 2 saturated heterocycles. The summed E-state index contributed by atoms with van der Waals surface area (Å²) in [6, 6.07) is 3.11. The number of quaternary nitrogens is 2. The third-order valence-electron chi connectivity index (χ3n) is 7.93. The number of carbonyl (C=O) groups is 2. The standard InChI is InChI=1S/C26H30F2N4O6/c27-21-22(28)26(36)20-19(25(21)35)23(33)17-15(29-7-13-31(37)9-1-2-10-31)5-6-16(18(17)24(20)34)30-8-14-32(38)11-3-4-12-32/h5-6,37-38H,1-4,7-14H2,(H2-2,29,30,33,34,35,36)/p+2. The lowest BCUT2D eigenvalue weighted by atomic mass is 9.81. The van der Waals surface area contributed by atoms with Crippen LogP contribution in [0.5, 0.6) is 11.5 Å². The fourth-order valence-electron chi connectivity index (χ4n) is 5.82. The van der Waals surface area contributed by atoms with Crippen molar-refractivity contribution in [2.24, 2.45) is 0 Å². The molecule has 0 radical (unpaired) electrons. The van der Waals surface area contributed by atoms with Gasteiger partial charge in [-0.3, -0.25) is 9.59 Å². The fraction of sp³-hybridized carbons (Fsp3) is 0.462. The number of anilines is 2. The average Bonchev–Trinajstić information content (AvgIpc) is 3.52. The lowest BCUT2D eigenvalue weighted by Gasteiger charge is -2.28. The van der Waals surface area contributed by atoms with Crippen molar-refractivity contribution in [2.45, 2.75) is 25.7 Å². The number of hydroxylamine groups is 6. The first-order valence-corrected chi connectivity index (χ1v) is 12.9. The Balaban J connectivity index is 1.51. The van der Waals surface area contributed by atoms with Crippen LogP contribution in [0, 0.1) is 11.6 Å². The molecule has 2 aromatic rings. The summed E-state index contributed by atoms with van der Waals surface area (Å²) < 4.78 is 28.3. The molecule has 0 bridgehead atoms. The fourth-order valence-corrected chi connectivity index (χ4v) is 5.82. The predicted octanol–water partition coefficient (Wildman–Crippen LogP) is 2.97. The molecule has 0 aromatic heterocycles. The molecule has 2 aromatic carbocycles. The molecule has 10 nitrogen and oxygen atoms in total. The van der Waals surface area contributed by atoms with Gasteiger partial charge in [0, 0.05) is 37.1 Å². The van der Waals surface area contributed by atoms with E-state index >= 15 is 0 Å². The van der Waals surface area contributed by atoms with Gasteiger partial charge in [0.05, 0.1) is 35.3 Å². The van der Waals surface area contributed by atoms with E-state index in [1.807, 2.05) is 0 Å². The molecule has 0 spiro atoms. The van der Waals surface area contributed by atoms with Crippen molar-refractivity contribution in [3.05, 3.63) is 46.0 Å². The van der Waals surface area contributed by atoms with Gasteiger partial charge in [-0.05, 0) is 12.1 Å². The number of nitrogens with zero attached hydrogens (tertiary/aromatic N) is 2. The Morgan fingerprint density at radius 2 is 1.00 bits per heavy atom. The van der Waals surface area contributed by atoms with Gasteiger partial charge in [0.1, 0.15) is 39.3 Å². The minimum Gasteiger partial charge on any atom is -0.504 e. The van der Waals surface area contributed by atoms with Gasteiger partial charge < -0.3 is 20.8 Å². The smallest absolute Gasteiger partial charge is 0.205 e. The SMILES string of the molecule is O=C1c2c(NCC[N+]3(O)CCCC3)ccc(NCC[N+]3(O)CCCC3)c2C(=O)c2c(O)c(F)c(F)c(O)c21. The van der Waals surface area contributed by atoms with Crippen molar-refractivity contribution in [1.29, 1.82) is 0 Å². The molecule has 38 heavy (non-hydrogen) atoms. The average molecular weight is 535 g/mol. The van der Waals surface area contributed by atoms with Crippen LogP contribution in [0.25, 0.3) is 0 Å². The second-order valence-electron chi connectivity index (χ2n) is 10.4. The summed E-state index contributed by atoms with van der Waals surface area (Å²) in [7, 11) is 0. The maximum absolute atomic E-state index is 14.3. The van der Waals surface area contributed by atoms with Crippen LogP contribution < -0.4 is 10.6 Å². The largest absolute Gasteiger partial charge is 0.504 e. The molecule has 12 heteroatoms. The van der Waals surface area contributed by atoms with E-state index < -0.39 is 45.8 Å². The van der Waals surface area contributed by atoms with Crippen molar-refractivity contribution in [1.82, 2.24) is 0 Å². The molecule has 2 heterocycles. The second kappa shape index (κ2) is 9.77. The molecule has 0 saturated carbocycles. The number of carbonyl (C=O) groups excluding carboxylic acids is 2. The number of halogens is 2. The van der Waals surface area contributed by atoms with Gasteiger partial charge in [0.25, 0.3) is 0 Å². The Bertz CT molecular complexity index is 1210. The van der Waals surface area contributed by atoms with Gasteiger partial charge in [-0.15, -0.1) is 0 Å². The summed E-state index contributed by atoms with van der Waals surface area (Å²) in [5.74, 6) is -8.24. The first-order chi connectivity index (χ1) is 18.1. The molecule has 204 valence electrons. The van der Waals surface area contributed by atoms with Crippen molar-refractivity contribution >= 4 is 22.9 Å². The molecule has 0 atom stereocenters. The van der Waals surface area contributed by atoms with E-state index in [2.05, 4.69) is 10.6 Å². The number of likely N-dealkylation sites (tertiary alicyclic amines) is 2. The molecule has 2 aliphatic heterocycles. The van der Waals surface area contributed by atoms with Gasteiger partial charge in [-0.25, -0.2) is 10.4 Å². The van der Waals surface area contributed by atoms with E-state index in [9.17, 15) is 39.0 Å². The van der Waals surface area contributed by atoms with Crippen LogP contribution in [-0.2, 0) is 0 Å². The summed E-state index contributed by atoms with van der Waals surface area (Å²) in [4.78, 5) is 27.2. The molecule has 0 amide bonds. The van der Waals surface area contributed by atoms with Crippen LogP contribution in [-0.4, -0.2) is 93.8 Å². The Hall–Kier alpha value is -3.32. The van der Waals surface area contributed by atoms with E-state index in [-0.39, 0.29) is 44.9 Å². The Morgan fingerprint density at radius 1 is 0.658 bits per heavy atom. The Labute approximate surface area is 217 Å². The minimum atomic E-state index is -1.82. The van der Waals surface area contributed by atoms with Crippen LogP contribution in [0.2, 0.25) is 0 Å². The van der Waals surface area contributed by atoms with E-state index in [0.717, 1.165) is 25.7 Å². The highest BCUT2D eigenvalue weighted by Gasteiger charge is 2.41. The minimum absolute atomic E-state index is 0.120.